The zero-order valence-corrected chi connectivity index (χ0v) is 11.9. The second kappa shape index (κ2) is 5.93. The van der Waals surface area contributed by atoms with Crippen LogP contribution in [-0.2, 0) is 11.3 Å². The fourth-order valence-electron chi connectivity index (χ4n) is 2.05. The molecule has 0 radical (unpaired) electrons. The van der Waals surface area contributed by atoms with Crippen LogP contribution in [0.2, 0.25) is 0 Å². The molecule has 0 amide bonds. The van der Waals surface area contributed by atoms with Crippen LogP contribution in [0, 0.1) is 0 Å². The van der Waals surface area contributed by atoms with Gasteiger partial charge in [0.2, 0.25) is 0 Å². The third kappa shape index (κ3) is 2.99. The SMILES string of the molecule is COc1ccc(OC)c2cc(COC(C)C)ccc12. The van der Waals surface area contributed by atoms with Crippen LogP contribution in [0.25, 0.3) is 10.8 Å². The molecule has 0 N–H and O–H groups in total. The fraction of sp³-hybridized carbons (Fsp3) is 0.375. The van der Waals surface area contributed by atoms with Gasteiger partial charge in [-0.25, -0.2) is 0 Å². The molecule has 0 aliphatic carbocycles. The average Bonchev–Trinajstić information content (AvgIpc) is 2.43. The molecular formula is C16H20O3. The predicted molar refractivity (Wildman–Crippen MR) is 77.0 cm³/mol. The highest BCUT2D eigenvalue weighted by Crippen LogP contribution is 2.33. The van der Waals surface area contributed by atoms with Crippen LogP contribution in [-0.4, -0.2) is 20.3 Å². The summed E-state index contributed by atoms with van der Waals surface area (Å²) in [6.07, 6.45) is 0.225. The lowest BCUT2D eigenvalue weighted by atomic mass is 10.1. The van der Waals surface area contributed by atoms with Gasteiger partial charge in [-0.3, -0.25) is 0 Å². The van der Waals surface area contributed by atoms with Gasteiger partial charge in [-0.1, -0.05) is 12.1 Å². The van der Waals surface area contributed by atoms with Gasteiger partial charge in [0, 0.05) is 10.8 Å². The van der Waals surface area contributed by atoms with Crippen molar-refractivity contribution in [3.8, 4) is 11.5 Å². The van der Waals surface area contributed by atoms with E-state index in [0.29, 0.717) is 6.61 Å². The van der Waals surface area contributed by atoms with Gasteiger partial charge < -0.3 is 14.2 Å². The summed E-state index contributed by atoms with van der Waals surface area (Å²) >= 11 is 0. The van der Waals surface area contributed by atoms with Gasteiger partial charge in [0.15, 0.2) is 0 Å². The first-order valence-corrected chi connectivity index (χ1v) is 6.41. The summed E-state index contributed by atoms with van der Waals surface area (Å²) in [7, 11) is 3.36. The Morgan fingerprint density at radius 1 is 0.895 bits per heavy atom. The van der Waals surface area contributed by atoms with E-state index < -0.39 is 0 Å². The number of benzene rings is 2. The van der Waals surface area contributed by atoms with Crippen LogP contribution in [0.4, 0.5) is 0 Å². The van der Waals surface area contributed by atoms with Crippen molar-refractivity contribution in [1.82, 2.24) is 0 Å². The van der Waals surface area contributed by atoms with Crippen molar-refractivity contribution in [2.24, 2.45) is 0 Å². The minimum Gasteiger partial charge on any atom is -0.496 e. The quantitative estimate of drug-likeness (QED) is 0.818. The Balaban J connectivity index is 2.45. The molecule has 0 saturated carbocycles. The van der Waals surface area contributed by atoms with E-state index in [4.69, 9.17) is 14.2 Å². The Labute approximate surface area is 114 Å². The molecule has 0 aromatic heterocycles. The Hall–Kier alpha value is -1.74. The lowest BCUT2D eigenvalue weighted by Crippen LogP contribution is -2.02. The third-order valence-corrected chi connectivity index (χ3v) is 3.02. The smallest absolute Gasteiger partial charge is 0.126 e. The molecule has 2 rings (SSSR count). The van der Waals surface area contributed by atoms with E-state index in [1.54, 1.807) is 14.2 Å². The maximum Gasteiger partial charge on any atom is 0.126 e. The molecule has 0 heterocycles. The van der Waals surface area contributed by atoms with E-state index >= 15 is 0 Å². The summed E-state index contributed by atoms with van der Waals surface area (Å²) in [4.78, 5) is 0. The first-order chi connectivity index (χ1) is 9.15. The zero-order valence-electron chi connectivity index (χ0n) is 11.9. The molecule has 3 nitrogen and oxygen atoms in total. The highest BCUT2D eigenvalue weighted by Gasteiger charge is 2.08. The van der Waals surface area contributed by atoms with E-state index in [1.807, 2.05) is 26.0 Å². The number of methoxy groups -OCH3 is 2. The van der Waals surface area contributed by atoms with E-state index in [2.05, 4.69) is 18.2 Å². The normalized spacial score (nSPS) is 11.0. The topological polar surface area (TPSA) is 27.7 Å². The van der Waals surface area contributed by atoms with Gasteiger partial charge in [0.1, 0.15) is 11.5 Å². The summed E-state index contributed by atoms with van der Waals surface area (Å²) in [6.45, 7) is 4.67. The van der Waals surface area contributed by atoms with Gasteiger partial charge >= 0.3 is 0 Å². The number of ether oxygens (including phenoxy) is 3. The first kappa shape index (κ1) is 13.7. The molecule has 0 aliphatic heterocycles. The minimum absolute atomic E-state index is 0.225. The van der Waals surface area contributed by atoms with Crippen LogP contribution in [0.5, 0.6) is 11.5 Å². The summed E-state index contributed by atoms with van der Waals surface area (Å²) in [5.74, 6) is 1.70. The molecule has 0 saturated heterocycles. The lowest BCUT2D eigenvalue weighted by Gasteiger charge is -2.12. The molecule has 3 heteroatoms. The standard InChI is InChI=1S/C16H20O3/c1-11(2)19-10-12-5-6-13-14(9-12)16(18-4)8-7-15(13)17-3/h5-9,11H,10H2,1-4H3. The number of rotatable bonds is 5. The van der Waals surface area contributed by atoms with E-state index in [-0.39, 0.29) is 6.10 Å². The molecule has 0 bridgehead atoms. The Morgan fingerprint density at radius 3 is 2.11 bits per heavy atom. The average molecular weight is 260 g/mol. The van der Waals surface area contributed by atoms with Crippen molar-refractivity contribution in [2.45, 2.75) is 26.6 Å². The lowest BCUT2D eigenvalue weighted by molar-refractivity contribution is 0.0658. The van der Waals surface area contributed by atoms with Crippen molar-refractivity contribution in [1.29, 1.82) is 0 Å². The summed E-state index contributed by atoms with van der Waals surface area (Å²) in [6, 6.07) is 10.1. The van der Waals surface area contributed by atoms with Crippen molar-refractivity contribution in [3.05, 3.63) is 35.9 Å². The van der Waals surface area contributed by atoms with Gasteiger partial charge in [-0.15, -0.1) is 0 Å². The monoisotopic (exact) mass is 260 g/mol. The van der Waals surface area contributed by atoms with Gasteiger partial charge in [0.25, 0.3) is 0 Å². The molecule has 2 aromatic carbocycles. The van der Waals surface area contributed by atoms with Crippen molar-refractivity contribution < 1.29 is 14.2 Å². The highest BCUT2D eigenvalue weighted by atomic mass is 16.5. The summed E-state index contributed by atoms with van der Waals surface area (Å²) in [5, 5.41) is 2.10. The molecule has 0 unspecified atom stereocenters. The molecular weight excluding hydrogens is 240 g/mol. The molecule has 102 valence electrons. The van der Waals surface area contributed by atoms with Crippen molar-refractivity contribution in [2.75, 3.05) is 14.2 Å². The number of fused-ring (bicyclic) bond motifs is 1. The maximum absolute atomic E-state index is 5.63. The molecule has 2 aromatic rings. The summed E-state index contributed by atoms with van der Waals surface area (Å²) in [5.41, 5.74) is 1.13. The second-order valence-corrected chi connectivity index (χ2v) is 4.71. The Bertz CT molecular complexity index is 561. The third-order valence-electron chi connectivity index (χ3n) is 3.02. The Kier molecular flexibility index (Phi) is 4.27. The first-order valence-electron chi connectivity index (χ1n) is 6.41. The van der Waals surface area contributed by atoms with Crippen molar-refractivity contribution >= 4 is 10.8 Å². The molecule has 0 aliphatic rings. The Morgan fingerprint density at radius 2 is 1.53 bits per heavy atom. The van der Waals surface area contributed by atoms with Crippen molar-refractivity contribution in [3.63, 3.8) is 0 Å². The van der Waals surface area contributed by atoms with Crippen LogP contribution >= 0.6 is 0 Å². The van der Waals surface area contributed by atoms with E-state index in [0.717, 1.165) is 27.8 Å². The number of hydrogen-bond donors (Lipinski definition) is 0. The summed E-state index contributed by atoms with van der Waals surface area (Å²) < 4.78 is 16.4. The fourth-order valence-corrected chi connectivity index (χ4v) is 2.05. The molecule has 0 atom stereocenters. The maximum atomic E-state index is 5.63. The van der Waals surface area contributed by atoms with Gasteiger partial charge in [-0.05, 0) is 37.6 Å². The minimum atomic E-state index is 0.225. The predicted octanol–water partition coefficient (Wildman–Crippen LogP) is 3.78. The molecule has 0 spiro atoms. The van der Waals surface area contributed by atoms with E-state index in [9.17, 15) is 0 Å². The van der Waals surface area contributed by atoms with Gasteiger partial charge in [-0.2, -0.15) is 0 Å². The van der Waals surface area contributed by atoms with Crippen LogP contribution < -0.4 is 9.47 Å². The van der Waals surface area contributed by atoms with E-state index in [1.165, 1.54) is 0 Å². The zero-order chi connectivity index (χ0) is 13.8. The van der Waals surface area contributed by atoms with Crippen LogP contribution in [0.3, 0.4) is 0 Å². The molecule has 19 heavy (non-hydrogen) atoms. The van der Waals surface area contributed by atoms with Crippen LogP contribution in [0.15, 0.2) is 30.3 Å². The molecule has 0 fully saturated rings. The van der Waals surface area contributed by atoms with Gasteiger partial charge in [0.05, 0.1) is 26.9 Å². The van der Waals surface area contributed by atoms with Crippen LogP contribution in [0.1, 0.15) is 19.4 Å². The highest BCUT2D eigenvalue weighted by molar-refractivity contribution is 5.93. The number of hydrogen-bond acceptors (Lipinski definition) is 3. The second-order valence-electron chi connectivity index (χ2n) is 4.71. The largest absolute Gasteiger partial charge is 0.496 e.